The number of hydrogen-bond donors (Lipinski definition) is 2. The minimum absolute atomic E-state index is 0.108. The number of imide groups is 1. The number of aromatic nitrogens is 3. The summed E-state index contributed by atoms with van der Waals surface area (Å²) in [6, 6.07) is -0.464. The van der Waals surface area contributed by atoms with Gasteiger partial charge in [-0.3, -0.25) is 9.69 Å². The molecule has 0 aromatic carbocycles. The van der Waals surface area contributed by atoms with Crippen molar-refractivity contribution in [1.29, 1.82) is 0 Å². The molecule has 9 nitrogen and oxygen atoms in total. The maximum absolute atomic E-state index is 11.9. The lowest BCUT2D eigenvalue weighted by Gasteiger charge is -2.15. The summed E-state index contributed by atoms with van der Waals surface area (Å²) in [5.41, 5.74) is -1.09. The van der Waals surface area contributed by atoms with E-state index in [1.165, 1.54) is 10.9 Å². The normalized spacial score (nSPS) is 17.7. The molecular weight excluding hydrogens is 254 g/mol. The number of hydrogen-bond acceptors (Lipinski definition) is 5. The highest BCUT2D eigenvalue weighted by Crippen LogP contribution is 2.16. The van der Waals surface area contributed by atoms with Gasteiger partial charge in [-0.15, -0.1) is 5.10 Å². The molecule has 1 saturated heterocycles. The van der Waals surface area contributed by atoms with Gasteiger partial charge in [0, 0.05) is 0 Å². The summed E-state index contributed by atoms with van der Waals surface area (Å²) >= 11 is 0. The van der Waals surface area contributed by atoms with Crippen molar-refractivity contribution in [2.45, 2.75) is 25.9 Å². The molecule has 1 aromatic heterocycles. The second-order valence-electron chi connectivity index (χ2n) is 4.68. The molecule has 0 unspecified atom stereocenters. The van der Waals surface area contributed by atoms with Gasteiger partial charge in [-0.25, -0.2) is 14.3 Å². The van der Waals surface area contributed by atoms with E-state index in [-0.39, 0.29) is 24.7 Å². The molecule has 0 radical (unpaired) electrons. The van der Waals surface area contributed by atoms with Gasteiger partial charge in [0.05, 0.1) is 19.3 Å². The molecule has 3 amide bonds. The first-order valence-corrected chi connectivity index (χ1v) is 5.59. The van der Waals surface area contributed by atoms with Crippen molar-refractivity contribution in [3.05, 3.63) is 11.9 Å². The van der Waals surface area contributed by atoms with Crippen LogP contribution in [0, 0.1) is 0 Å². The lowest BCUT2D eigenvalue weighted by atomic mass is 10.1. The first kappa shape index (κ1) is 13.0. The van der Waals surface area contributed by atoms with Crippen LogP contribution in [0.2, 0.25) is 0 Å². The number of amides is 3. The predicted octanol–water partition coefficient (Wildman–Crippen LogP) is -0.693. The summed E-state index contributed by atoms with van der Waals surface area (Å²) in [4.78, 5) is 35.2. The minimum Gasteiger partial charge on any atom is -0.476 e. The maximum Gasteiger partial charge on any atom is 0.358 e. The Morgan fingerprint density at radius 2 is 2.11 bits per heavy atom. The highest BCUT2D eigenvalue weighted by molar-refractivity contribution is 6.06. The second-order valence-corrected chi connectivity index (χ2v) is 4.68. The zero-order valence-electron chi connectivity index (χ0n) is 10.5. The number of aromatic carboxylic acids is 1. The van der Waals surface area contributed by atoms with Crippen molar-refractivity contribution in [2.24, 2.45) is 0 Å². The third-order valence-electron chi connectivity index (χ3n) is 2.75. The predicted molar refractivity (Wildman–Crippen MR) is 61.3 cm³/mol. The number of carboxylic acids is 1. The standard InChI is InChI=1S/C10H13N5O4/c1-10(2)8(18)15(9(19)11-10)4-3-14-5-6(7(16)17)12-13-14/h5H,3-4H2,1-2H3,(H,11,19)(H,16,17). The molecule has 0 aliphatic carbocycles. The van der Waals surface area contributed by atoms with Crippen LogP contribution in [0.25, 0.3) is 0 Å². The molecule has 19 heavy (non-hydrogen) atoms. The summed E-state index contributed by atoms with van der Waals surface area (Å²) < 4.78 is 1.27. The molecule has 0 spiro atoms. The summed E-state index contributed by atoms with van der Waals surface area (Å²) in [5.74, 6) is -1.50. The lowest BCUT2D eigenvalue weighted by Crippen LogP contribution is -2.40. The highest BCUT2D eigenvalue weighted by atomic mass is 16.4. The van der Waals surface area contributed by atoms with Crippen molar-refractivity contribution in [3.63, 3.8) is 0 Å². The van der Waals surface area contributed by atoms with E-state index >= 15 is 0 Å². The Morgan fingerprint density at radius 1 is 1.42 bits per heavy atom. The van der Waals surface area contributed by atoms with Crippen LogP contribution in [-0.2, 0) is 11.3 Å². The van der Waals surface area contributed by atoms with Crippen LogP contribution in [0.5, 0.6) is 0 Å². The number of nitrogens with zero attached hydrogens (tertiary/aromatic N) is 4. The van der Waals surface area contributed by atoms with E-state index in [2.05, 4.69) is 15.6 Å². The summed E-state index contributed by atoms with van der Waals surface area (Å²) in [7, 11) is 0. The maximum atomic E-state index is 11.9. The van der Waals surface area contributed by atoms with Crippen LogP contribution in [0.4, 0.5) is 4.79 Å². The van der Waals surface area contributed by atoms with Gasteiger partial charge in [0.15, 0.2) is 5.69 Å². The third-order valence-corrected chi connectivity index (χ3v) is 2.75. The van der Waals surface area contributed by atoms with Crippen LogP contribution in [0.3, 0.4) is 0 Å². The molecule has 1 aliphatic heterocycles. The van der Waals surface area contributed by atoms with Gasteiger partial charge in [0.25, 0.3) is 5.91 Å². The Balaban J connectivity index is 2.01. The van der Waals surface area contributed by atoms with Crippen LogP contribution >= 0.6 is 0 Å². The fourth-order valence-electron chi connectivity index (χ4n) is 1.73. The molecule has 0 atom stereocenters. The summed E-state index contributed by atoms with van der Waals surface area (Å²) in [6.45, 7) is 3.53. The second kappa shape index (κ2) is 4.34. The van der Waals surface area contributed by atoms with Crippen molar-refractivity contribution in [2.75, 3.05) is 6.54 Å². The molecular formula is C10H13N5O4. The van der Waals surface area contributed by atoms with E-state index < -0.39 is 17.5 Å². The highest BCUT2D eigenvalue weighted by Gasteiger charge is 2.43. The van der Waals surface area contributed by atoms with E-state index in [9.17, 15) is 14.4 Å². The zero-order valence-corrected chi connectivity index (χ0v) is 10.5. The number of urea groups is 1. The number of rotatable bonds is 4. The van der Waals surface area contributed by atoms with Gasteiger partial charge >= 0.3 is 12.0 Å². The fraction of sp³-hybridized carbons (Fsp3) is 0.500. The van der Waals surface area contributed by atoms with Gasteiger partial charge in [-0.2, -0.15) is 0 Å². The molecule has 1 aromatic rings. The van der Waals surface area contributed by atoms with Gasteiger partial charge in [-0.1, -0.05) is 5.21 Å². The Kier molecular flexibility index (Phi) is 2.97. The molecule has 1 fully saturated rings. The van der Waals surface area contributed by atoms with E-state index in [0.717, 1.165) is 4.90 Å². The average molecular weight is 267 g/mol. The summed E-state index contributed by atoms with van der Waals surface area (Å²) in [5, 5.41) is 18.3. The zero-order chi connectivity index (χ0) is 14.2. The average Bonchev–Trinajstić information content (AvgIpc) is 2.83. The molecule has 2 rings (SSSR count). The van der Waals surface area contributed by atoms with Crippen molar-refractivity contribution < 1.29 is 19.5 Å². The smallest absolute Gasteiger partial charge is 0.358 e. The Labute approximate surface area is 108 Å². The van der Waals surface area contributed by atoms with Crippen molar-refractivity contribution >= 4 is 17.9 Å². The van der Waals surface area contributed by atoms with E-state index in [1.807, 2.05) is 0 Å². The van der Waals surface area contributed by atoms with Gasteiger partial charge < -0.3 is 10.4 Å². The molecule has 2 N–H and O–H groups in total. The van der Waals surface area contributed by atoms with E-state index in [4.69, 9.17) is 5.11 Å². The van der Waals surface area contributed by atoms with Gasteiger partial charge in [-0.05, 0) is 13.8 Å². The SMILES string of the molecule is CC1(C)NC(=O)N(CCn2cc(C(=O)O)nn2)C1=O. The Morgan fingerprint density at radius 3 is 2.58 bits per heavy atom. The minimum atomic E-state index is -1.18. The van der Waals surface area contributed by atoms with Crippen LogP contribution < -0.4 is 5.32 Å². The van der Waals surface area contributed by atoms with Crippen molar-refractivity contribution in [3.8, 4) is 0 Å². The quantitative estimate of drug-likeness (QED) is 0.697. The monoisotopic (exact) mass is 267 g/mol. The largest absolute Gasteiger partial charge is 0.476 e. The van der Waals surface area contributed by atoms with Crippen molar-refractivity contribution in [1.82, 2.24) is 25.2 Å². The number of carbonyl (C=O) groups excluding carboxylic acids is 2. The molecule has 2 heterocycles. The van der Waals surface area contributed by atoms with Gasteiger partial charge in [0.2, 0.25) is 0 Å². The molecule has 1 aliphatic rings. The van der Waals surface area contributed by atoms with Crippen LogP contribution in [-0.4, -0.2) is 55.0 Å². The Bertz CT molecular complexity index is 550. The van der Waals surface area contributed by atoms with Crippen LogP contribution in [0.1, 0.15) is 24.3 Å². The fourth-order valence-corrected chi connectivity index (χ4v) is 1.73. The third kappa shape index (κ3) is 2.39. The van der Waals surface area contributed by atoms with Crippen LogP contribution in [0.15, 0.2) is 6.20 Å². The molecule has 102 valence electrons. The Hall–Kier alpha value is -2.45. The number of carboxylic acid groups (broad SMARTS) is 1. The number of nitrogens with one attached hydrogen (secondary N) is 1. The molecule has 0 bridgehead atoms. The molecule has 9 heteroatoms. The van der Waals surface area contributed by atoms with E-state index in [1.54, 1.807) is 13.8 Å². The number of carbonyl (C=O) groups is 3. The topological polar surface area (TPSA) is 117 Å². The lowest BCUT2D eigenvalue weighted by molar-refractivity contribution is -0.130. The summed E-state index contributed by atoms with van der Waals surface area (Å²) in [6.07, 6.45) is 1.24. The van der Waals surface area contributed by atoms with E-state index in [0.29, 0.717) is 0 Å². The molecule has 0 saturated carbocycles. The first-order chi connectivity index (χ1) is 8.81. The first-order valence-electron chi connectivity index (χ1n) is 5.59. The van der Waals surface area contributed by atoms with Gasteiger partial charge in [0.1, 0.15) is 5.54 Å².